The molecule has 1 aliphatic heterocycles. The summed E-state index contributed by atoms with van der Waals surface area (Å²) in [7, 11) is 4.10. The molecular weight excluding hydrogens is 178 g/mol. The summed E-state index contributed by atoms with van der Waals surface area (Å²) in [6.07, 6.45) is 0.899. The lowest BCUT2D eigenvalue weighted by Gasteiger charge is -2.42. The normalized spacial score (nSPS) is 48.2. The van der Waals surface area contributed by atoms with Crippen LogP contribution >= 0.6 is 0 Å². The summed E-state index contributed by atoms with van der Waals surface area (Å²) in [4.78, 5) is 2.15. The Morgan fingerprint density at radius 2 is 2.00 bits per heavy atom. The average Bonchev–Trinajstić information content (AvgIpc) is 2.58. The van der Waals surface area contributed by atoms with Crippen LogP contribution in [0.25, 0.3) is 0 Å². The van der Waals surface area contributed by atoms with Crippen LogP contribution in [0, 0.1) is 17.8 Å². The van der Waals surface area contributed by atoms with Crippen molar-refractivity contribution < 1.29 is 9.84 Å². The second-order valence-electron chi connectivity index (χ2n) is 5.08. The van der Waals surface area contributed by atoms with Crippen molar-refractivity contribution >= 4 is 0 Å². The molecule has 0 aromatic carbocycles. The van der Waals surface area contributed by atoms with Crippen molar-refractivity contribution in [1.82, 2.24) is 4.90 Å². The Labute approximate surface area is 86.0 Å². The third kappa shape index (κ3) is 1.58. The number of rotatable bonds is 1. The van der Waals surface area contributed by atoms with Crippen molar-refractivity contribution in [2.45, 2.75) is 25.5 Å². The fraction of sp³-hybridized carbons (Fsp3) is 1.00. The molecule has 82 valence electrons. The summed E-state index contributed by atoms with van der Waals surface area (Å²) >= 11 is 0. The Bertz CT molecular complexity index is 205. The molecule has 3 nitrogen and oxygen atoms in total. The fourth-order valence-corrected chi connectivity index (χ4v) is 3.01. The van der Waals surface area contributed by atoms with E-state index in [0.717, 1.165) is 19.6 Å². The van der Waals surface area contributed by atoms with E-state index in [2.05, 4.69) is 25.9 Å². The van der Waals surface area contributed by atoms with Crippen LogP contribution in [0.1, 0.15) is 13.3 Å². The van der Waals surface area contributed by atoms with Crippen LogP contribution in [0.2, 0.25) is 0 Å². The molecule has 3 heteroatoms. The largest absolute Gasteiger partial charge is 0.391 e. The van der Waals surface area contributed by atoms with Crippen LogP contribution in [0.4, 0.5) is 0 Å². The first-order valence-electron chi connectivity index (χ1n) is 5.53. The lowest BCUT2D eigenvalue weighted by atomic mass is 9.70. The van der Waals surface area contributed by atoms with Crippen molar-refractivity contribution in [2.24, 2.45) is 17.8 Å². The van der Waals surface area contributed by atoms with Crippen LogP contribution in [0.5, 0.6) is 0 Å². The molecule has 0 bridgehead atoms. The van der Waals surface area contributed by atoms with Gasteiger partial charge in [-0.15, -0.1) is 0 Å². The van der Waals surface area contributed by atoms with E-state index in [1.165, 1.54) is 0 Å². The minimum absolute atomic E-state index is 0.187. The molecule has 2 rings (SSSR count). The highest BCUT2D eigenvalue weighted by Crippen LogP contribution is 2.40. The van der Waals surface area contributed by atoms with Gasteiger partial charge in [-0.1, -0.05) is 6.92 Å². The lowest BCUT2D eigenvalue weighted by Crippen LogP contribution is -2.51. The van der Waals surface area contributed by atoms with Gasteiger partial charge in [0.25, 0.3) is 0 Å². The Balaban J connectivity index is 2.11. The first-order valence-corrected chi connectivity index (χ1v) is 5.53. The molecule has 2 fully saturated rings. The van der Waals surface area contributed by atoms with Crippen LogP contribution in [-0.4, -0.2) is 49.5 Å². The predicted octanol–water partition coefficient (Wildman–Crippen LogP) is 0.580. The number of hydrogen-bond donors (Lipinski definition) is 1. The van der Waals surface area contributed by atoms with Gasteiger partial charge >= 0.3 is 0 Å². The minimum Gasteiger partial charge on any atom is -0.391 e. The maximum Gasteiger partial charge on any atom is 0.0724 e. The predicted molar refractivity (Wildman–Crippen MR) is 55.1 cm³/mol. The zero-order valence-corrected chi connectivity index (χ0v) is 9.31. The second kappa shape index (κ2) is 3.80. The summed E-state index contributed by atoms with van der Waals surface area (Å²) in [6, 6.07) is 0.313. The molecule has 1 saturated heterocycles. The SMILES string of the molecule is C[C@@H]1[C@H](O)[C@H](N(C)C)C[C@H]2COC[C@H]21. The van der Waals surface area contributed by atoms with E-state index in [9.17, 15) is 5.11 Å². The summed E-state index contributed by atoms with van der Waals surface area (Å²) < 4.78 is 5.51. The van der Waals surface area contributed by atoms with Crippen LogP contribution < -0.4 is 0 Å². The minimum atomic E-state index is -0.187. The first kappa shape index (κ1) is 10.4. The second-order valence-corrected chi connectivity index (χ2v) is 5.08. The van der Waals surface area contributed by atoms with E-state index < -0.39 is 0 Å². The molecule has 0 radical (unpaired) electrons. The molecule has 0 aromatic heterocycles. The zero-order chi connectivity index (χ0) is 10.3. The average molecular weight is 199 g/mol. The number of likely N-dealkylation sites (N-methyl/N-ethyl adjacent to an activating group) is 1. The van der Waals surface area contributed by atoms with Crippen molar-refractivity contribution in [3.05, 3.63) is 0 Å². The number of hydrogen-bond acceptors (Lipinski definition) is 3. The number of fused-ring (bicyclic) bond motifs is 1. The third-order valence-electron chi connectivity index (χ3n) is 4.06. The van der Waals surface area contributed by atoms with Gasteiger partial charge in [-0.05, 0) is 38.3 Å². The van der Waals surface area contributed by atoms with E-state index >= 15 is 0 Å². The zero-order valence-electron chi connectivity index (χ0n) is 9.31. The highest BCUT2D eigenvalue weighted by molar-refractivity contribution is 4.95. The molecule has 0 unspecified atom stereocenters. The van der Waals surface area contributed by atoms with Gasteiger partial charge in [0.05, 0.1) is 12.7 Å². The maximum absolute atomic E-state index is 10.2. The van der Waals surface area contributed by atoms with Gasteiger partial charge in [-0.3, -0.25) is 0 Å². The standard InChI is InChI=1S/C11H21NO2/c1-7-9-6-14-5-8(9)4-10(11(7)13)12(2)3/h7-11,13H,4-6H2,1-3H3/t7-,8-,9-,10+,11-/m0/s1. The molecule has 0 spiro atoms. The molecule has 1 aliphatic carbocycles. The molecule has 0 amide bonds. The van der Waals surface area contributed by atoms with Crippen molar-refractivity contribution in [3.63, 3.8) is 0 Å². The third-order valence-corrected chi connectivity index (χ3v) is 4.06. The van der Waals surface area contributed by atoms with Crippen LogP contribution in [0.15, 0.2) is 0 Å². The van der Waals surface area contributed by atoms with Crippen LogP contribution in [-0.2, 0) is 4.74 Å². The summed E-state index contributed by atoms with van der Waals surface area (Å²) in [6.45, 7) is 3.90. The smallest absolute Gasteiger partial charge is 0.0724 e. The van der Waals surface area contributed by atoms with E-state index in [-0.39, 0.29) is 6.10 Å². The molecule has 1 N–H and O–H groups in total. The van der Waals surface area contributed by atoms with Gasteiger partial charge in [-0.2, -0.15) is 0 Å². The molecule has 2 aliphatic rings. The van der Waals surface area contributed by atoms with Gasteiger partial charge in [-0.25, -0.2) is 0 Å². The fourth-order valence-electron chi connectivity index (χ4n) is 3.01. The highest BCUT2D eigenvalue weighted by atomic mass is 16.5. The molecular formula is C11H21NO2. The highest BCUT2D eigenvalue weighted by Gasteiger charge is 2.44. The first-order chi connectivity index (χ1) is 6.61. The number of aliphatic hydroxyl groups excluding tert-OH is 1. The van der Waals surface area contributed by atoms with Crippen molar-refractivity contribution in [3.8, 4) is 0 Å². The van der Waals surface area contributed by atoms with E-state index in [1.54, 1.807) is 0 Å². The molecule has 0 aromatic rings. The lowest BCUT2D eigenvalue weighted by molar-refractivity contribution is -0.0341. The summed E-state index contributed by atoms with van der Waals surface area (Å²) in [5.41, 5.74) is 0. The maximum atomic E-state index is 10.2. The monoisotopic (exact) mass is 199 g/mol. The quantitative estimate of drug-likeness (QED) is 0.670. The van der Waals surface area contributed by atoms with Gasteiger partial charge in [0.15, 0.2) is 0 Å². The van der Waals surface area contributed by atoms with Gasteiger partial charge in [0.2, 0.25) is 0 Å². The van der Waals surface area contributed by atoms with Gasteiger partial charge in [0.1, 0.15) is 0 Å². The molecule has 14 heavy (non-hydrogen) atoms. The van der Waals surface area contributed by atoms with Crippen molar-refractivity contribution in [1.29, 1.82) is 0 Å². The Kier molecular flexibility index (Phi) is 2.82. The molecule has 5 atom stereocenters. The Morgan fingerprint density at radius 1 is 1.29 bits per heavy atom. The molecule has 1 saturated carbocycles. The van der Waals surface area contributed by atoms with Gasteiger partial charge in [0, 0.05) is 12.6 Å². The number of nitrogens with zero attached hydrogens (tertiary/aromatic N) is 1. The van der Waals surface area contributed by atoms with E-state index in [4.69, 9.17) is 4.74 Å². The summed E-state index contributed by atoms with van der Waals surface area (Å²) in [5, 5.41) is 10.2. The Hall–Kier alpha value is -0.120. The molecule has 1 heterocycles. The van der Waals surface area contributed by atoms with E-state index in [0.29, 0.717) is 23.8 Å². The van der Waals surface area contributed by atoms with E-state index in [1.807, 2.05) is 0 Å². The Morgan fingerprint density at radius 3 is 2.64 bits per heavy atom. The van der Waals surface area contributed by atoms with Crippen molar-refractivity contribution in [2.75, 3.05) is 27.3 Å². The number of aliphatic hydroxyl groups is 1. The summed E-state index contributed by atoms with van der Waals surface area (Å²) in [5.74, 6) is 1.63. The topological polar surface area (TPSA) is 32.7 Å². The van der Waals surface area contributed by atoms with Crippen LogP contribution in [0.3, 0.4) is 0 Å². The number of ether oxygens (including phenoxy) is 1. The van der Waals surface area contributed by atoms with Gasteiger partial charge < -0.3 is 14.7 Å².